The number of carbonyl (C=O) groups excluding carboxylic acids is 3. The van der Waals surface area contributed by atoms with Gasteiger partial charge in [-0.2, -0.15) is 0 Å². The van der Waals surface area contributed by atoms with Gasteiger partial charge < -0.3 is 15.8 Å². The maximum atomic E-state index is 12.2. The minimum absolute atomic E-state index is 0.0452. The van der Waals surface area contributed by atoms with Crippen molar-refractivity contribution in [3.05, 3.63) is 51.5 Å². The first-order chi connectivity index (χ1) is 14.5. The molecule has 154 valence electrons. The Bertz CT molecular complexity index is 1110. The number of thiophene rings is 1. The van der Waals surface area contributed by atoms with E-state index in [1.807, 2.05) is 18.2 Å². The van der Waals surface area contributed by atoms with Crippen LogP contribution in [0, 0.1) is 0 Å². The molecule has 3 aromatic heterocycles. The lowest BCUT2D eigenvalue weighted by atomic mass is 10.1. The number of rotatable bonds is 7. The van der Waals surface area contributed by atoms with E-state index in [-0.39, 0.29) is 6.42 Å². The smallest absolute Gasteiger partial charge is 0.312 e. The fourth-order valence-electron chi connectivity index (χ4n) is 3.26. The summed E-state index contributed by atoms with van der Waals surface area (Å²) in [7, 11) is 0. The lowest BCUT2D eigenvalue weighted by molar-refractivity contribution is -0.146. The Hall–Kier alpha value is -3.11. The lowest BCUT2D eigenvalue weighted by Crippen LogP contribution is -2.23. The number of fused-ring (bicyclic) bond motifs is 1. The molecule has 0 bridgehead atoms. The normalized spacial score (nSPS) is 12.4. The number of hydrogen-bond donors (Lipinski definition) is 2. The number of aromatic nitrogens is 2. The first kappa shape index (κ1) is 20.2. The Balaban J connectivity index is 1.31. The highest BCUT2D eigenvalue weighted by Crippen LogP contribution is 2.38. The number of nitrogens with one attached hydrogen (secondary N) is 1. The van der Waals surface area contributed by atoms with Gasteiger partial charge in [0, 0.05) is 16.5 Å². The van der Waals surface area contributed by atoms with E-state index >= 15 is 0 Å². The van der Waals surface area contributed by atoms with Crippen molar-refractivity contribution in [2.75, 3.05) is 11.9 Å². The average molecular weight is 443 g/mol. The lowest BCUT2D eigenvalue weighted by Gasteiger charge is -2.07. The second-order valence-electron chi connectivity index (χ2n) is 6.67. The third-order valence-electron chi connectivity index (χ3n) is 4.55. The van der Waals surface area contributed by atoms with Crippen LogP contribution >= 0.6 is 22.7 Å². The van der Waals surface area contributed by atoms with Crippen molar-refractivity contribution in [2.45, 2.75) is 25.7 Å². The Morgan fingerprint density at radius 1 is 1.23 bits per heavy atom. The number of aryl methyl sites for hydroxylation is 1. The van der Waals surface area contributed by atoms with Crippen LogP contribution in [0.25, 0.3) is 10.7 Å². The molecule has 0 aliphatic heterocycles. The van der Waals surface area contributed by atoms with Gasteiger partial charge in [0.15, 0.2) is 6.61 Å². The van der Waals surface area contributed by atoms with Gasteiger partial charge in [-0.05, 0) is 37.0 Å². The maximum Gasteiger partial charge on any atom is 0.312 e. The molecule has 30 heavy (non-hydrogen) atoms. The minimum atomic E-state index is -0.563. The summed E-state index contributed by atoms with van der Waals surface area (Å²) in [6.45, 7) is -0.448. The van der Waals surface area contributed by atoms with E-state index in [2.05, 4.69) is 15.3 Å². The van der Waals surface area contributed by atoms with Crippen molar-refractivity contribution in [1.29, 1.82) is 0 Å². The molecule has 3 heterocycles. The van der Waals surface area contributed by atoms with E-state index in [9.17, 15) is 14.4 Å². The minimum Gasteiger partial charge on any atom is -0.455 e. The number of pyridine rings is 1. The molecule has 0 radical (unpaired) electrons. The Labute approximate surface area is 180 Å². The fourth-order valence-corrected chi connectivity index (χ4v) is 5.36. The van der Waals surface area contributed by atoms with Gasteiger partial charge >= 0.3 is 5.97 Å². The third kappa shape index (κ3) is 4.39. The van der Waals surface area contributed by atoms with E-state index in [1.54, 1.807) is 11.6 Å². The van der Waals surface area contributed by atoms with Gasteiger partial charge in [0.25, 0.3) is 11.8 Å². The van der Waals surface area contributed by atoms with Crippen molar-refractivity contribution >= 4 is 45.5 Å². The molecule has 0 spiro atoms. The van der Waals surface area contributed by atoms with Crippen LogP contribution in [0.3, 0.4) is 0 Å². The molecule has 0 aromatic carbocycles. The number of esters is 1. The molecule has 10 heteroatoms. The topological polar surface area (TPSA) is 124 Å². The van der Waals surface area contributed by atoms with Gasteiger partial charge in [-0.15, -0.1) is 22.7 Å². The first-order valence-corrected chi connectivity index (χ1v) is 11.0. The maximum absolute atomic E-state index is 12.2. The predicted octanol–water partition coefficient (Wildman–Crippen LogP) is 2.58. The number of nitrogens with two attached hydrogens (primary N) is 1. The SMILES string of the molecule is NC(=O)c1c(NC(=O)COC(=O)Cc2csc(-c3ccccn3)n2)sc2c1CCC2. The molecule has 0 fully saturated rings. The Morgan fingerprint density at radius 2 is 2.10 bits per heavy atom. The summed E-state index contributed by atoms with van der Waals surface area (Å²) in [5.41, 5.74) is 8.06. The average Bonchev–Trinajstić information content (AvgIpc) is 3.43. The zero-order valence-corrected chi connectivity index (χ0v) is 17.5. The molecular weight excluding hydrogens is 424 g/mol. The molecule has 3 N–H and O–H groups in total. The van der Waals surface area contributed by atoms with E-state index in [4.69, 9.17) is 10.5 Å². The Kier molecular flexibility index (Phi) is 5.86. The summed E-state index contributed by atoms with van der Waals surface area (Å²) in [5.74, 6) is -1.64. The zero-order chi connectivity index (χ0) is 21.1. The van der Waals surface area contributed by atoms with Gasteiger partial charge in [0.05, 0.1) is 23.4 Å². The Morgan fingerprint density at radius 3 is 2.87 bits per heavy atom. The molecular formula is C20H18N4O4S2. The van der Waals surface area contributed by atoms with Crippen LogP contribution in [0.15, 0.2) is 29.8 Å². The summed E-state index contributed by atoms with van der Waals surface area (Å²) in [5, 5.41) is 5.54. The number of hydrogen-bond acceptors (Lipinski definition) is 8. The van der Waals surface area contributed by atoms with Crippen LogP contribution in [-0.4, -0.2) is 34.4 Å². The summed E-state index contributed by atoms with van der Waals surface area (Å²) < 4.78 is 5.06. The van der Waals surface area contributed by atoms with Crippen molar-refractivity contribution in [2.24, 2.45) is 5.73 Å². The number of primary amides is 1. The van der Waals surface area contributed by atoms with Gasteiger partial charge in [0.1, 0.15) is 10.0 Å². The number of anilines is 1. The van der Waals surface area contributed by atoms with Gasteiger partial charge in [-0.25, -0.2) is 4.98 Å². The summed E-state index contributed by atoms with van der Waals surface area (Å²) in [4.78, 5) is 45.7. The predicted molar refractivity (Wildman–Crippen MR) is 113 cm³/mol. The largest absolute Gasteiger partial charge is 0.455 e. The fraction of sp³-hybridized carbons (Fsp3) is 0.250. The number of nitrogens with zero attached hydrogens (tertiary/aromatic N) is 2. The first-order valence-electron chi connectivity index (χ1n) is 9.27. The number of thiazole rings is 1. The molecule has 2 amide bonds. The quantitative estimate of drug-likeness (QED) is 0.542. The summed E-state index contributed by atoms with van der Waals surface area (Å²) in [6, 6.07) is 5.52. The number of ether oxygens (including phenoxy) is 1. The standard InChI is InChI=1S/C20H18N4O4S2/c21-18(27)17-12-4-3-6-14(12)30-20(17)24-15(25)9-28-16(26)8-11-10-29-19(23-11)13-5-1-2-7-22-13/h1-2,5,7,10H,3-4,6,8-9H2,(H2,21,27)(H,24,25). The van der Waals surface area contributed by atoms with Crippen LogP contribution in [0.5, 0.6) is 0 Å². The van der Waals surface area contributed by atoms with Gasteiger partial charge in [-0.1, -0.05) is 6.07 Å². The number of carbonyl (C=O) groups is 3. The van der Waals surface area contributed by atoms with E-state index < -0.39 is 24.4 Å². The van der Waals surface area contributed by atoms with Crippen LogP contribution < -0.4 is 11.1 Å². The van der Waals surface area contributed by atoms with Gasteiger partial charge in [-0.3, -0.25) is 19.4 Å². The van der Waals surface area contributed by atoms with Crippen LogP contribution in [0.4, 0.5) is 5.00 Å². The monoisotopic (exact) mass is 442 g/mol. The van der Waals surface area contributed by atoms with Crippen molar-refractivity contribution < 1.29 is 19.1 Å². The second kappa shape index (κ2) is 8.72. The highest BCUT2D eigenvalue weighted by molar-refractivity contribution is 7.17. The molecule has 8 nitrogen and oxygen atoms in total. The highest BCUT2D eigenvalue weighted by Gasteiger charge is 2.26. The molecule has 0 atom stereocenters. The van der Waals surface area contributed by atoms with E-state index in [1.165, 1.54) is 22.7 Å². The van der Waals surface area contributed by atoms with Crippen molar-refractivity contribution in [3.8, 4) is 10.7 Å². The van der Waals surface area contributed by atoms with Crippen molar-refractivity contribution in [3.63, 3.8) is 0 Å². The molecule has 4 rings (SSSR count). The summed E-state index contributed by atoms with van der Waals surface area (Å²) >= 11 is 2.74. The second-order valence-corrected chi connectivity index (χ2v) is 8.63. The van der Waals surface area contributed by atoms with Gasteiger partial charge in [0.2, 0.25) is 0 Å². The molecule has 1 aliphatic carbocycles. The molecule has 0 unspecified atom stereocenters. The molecule has 1 aliphatic rings. The van der Waals surface area contributed by atoms with Crippen LogP contribution in [-0.2, 0) is 33.6 Å². The zero-order valence-electron chi connectivity index (χ0n) is 15.8. The molecule has 3 aromatic rings. The van der Waals surface area contributed by atoms with Crippen LogP contribution in [0.1, 0.15) is 32.9 Å². The van der Waals surface area contributed by atoms with Crippen molar-refractivity contribution in [1.82, 2.24) is 9.97 Å². The molecule has 0 saturated heterocycles. The summed E-state index contributed by atoms with van der Waals surface area (Å²) in [6.07, 6.45) is 4.26. The molecule has 0 saturated carbocycles. The van der Waals surface area contributed by atoms with E-state index in [0.717, 1.165) is 35.4 Å². The highest BCUT2D eigenvalue weighted by atomic mass is 32.1. The number of amides is 2. The third-order valence-corrected chi connectivity index (χ3v) is 6.67. The van der Waals surface area contributed by atoms with E-state index in [0.29, 0.717) is 21.3 Å². The van der Waals surface area contributed by atoms with Crippen LogP contribution in [0.2, 0.25) is 0 Å².